The lowest BCUT2D eigenvalue weighted by Gasteiger charge is -2.19. The summed E-state index contributed by atoms with van der Waals surface area (Å²) in [5, 5.41) is 6.12. The van der Waals surface area contributed by atoms with Crippen molar-refractivity contribution < 1.29 is 4.79 Å². The Morgan fingerprint density at radius 2 is 1.77 bits per heavy atom. The Morgan fingerprint density at radius 3 is 2.54 bits per heavy atom. The van der Waals surface area contributed by atoms with Crippen LogP contribution < -0.4 is 5.32 Å². The Kier molecular flexibility index (Phi) is 4.50. The quantitative estimate of drug-likeness (QED) is 0.550. The molecule has 2 aromatic heterocycles. The Bertz CT molecular complexity index is 1040. The Labute approximate surface area is 156 Å². The molecule has 4 aromatic rings. The van der Waals surface area contributed by atoms with Crippen molar-refractivity contribution in [3.63, 3.8) is 0 Å². The van der Waals surface area contributed by atoms with Crippen molar-refractivity contribution in [2.75, 3.05) is 0 Å². The van der Waals surface area contributed by atoms with Gasteiger partial charge < -0.3 is 5.32 Å². The molecule has 3 nitrogen and oxygen atoms in total. The predicted molar refractivity (Wildman–Crippen MR) is 107 cm³/mol. The van der Waals surface area contributed by atoms with Gasteiger partial charge in [-0.3, -0.25) is 9.78 Å². The number of pyridine rings is 1. The molecule has 0 saturated heterocycles. The molecule has 4 rings (SSSR count). The molecule has 1 atom stereocenters. The standard InChI is InChI=1S/C22H18N2OS/c1-15-14-18(17-10-5-6-11-19(17)23-15)22(25)24-21(20-12-7-13-26-20)16-8-3-2-4-9-16/h2-14,21H,1H3,(H,24,25)/t21-/m0/s1. The zero-order valence-electron chi connectivity index (χ0n) is 14.3. The maximum absolute atomic E-state index is 13.2. The van der Waals surface area contributed by atoms with E-state index in [0.29, 0.717) is 5.56 Å². The van der Waals surface area contributed by atoms with Gasteiger partial charge in [-0.2, -0.15) is 0 Å². The van der Waals surface area contributed by atoms with Crippen molar-refractivity contribution in [3.8, 4) is 0 Å². The van der Waals surface area contributed by atoms with Gasteiger partial charge in [0.25, 0.3) is 5.91 Å². The number of amides is 1. The smallest absolute Gasteiger partial charge is 0.252 e. The van der Waals surface area contributed by atoms with Crippen LogP contribution in [0.2, 0.25) is 0 Å². The van der Waals surface area contributed by atoms with Crippen molar-refractivity contribution >= 4 is 28.1 Å². The molecule has 26 heavy (non-hydrogen) atoms. The number of hydrogen-bond acceptors (Lipinski definition) is 3. The third-order valence-corrected chi connectivity index (χ3v) is 5.26. The maximum atomic E-state index is 13.2. The van der Waals surface area contributed by atoms with Gasteiger partial charge in [0.2, 0.25) is 0 Å². The van der Waals surface area contributed by atoms with Crippen LogP contribution in [0.1, 0.15) is 32.5 Å². The Morgan fingerprint density at radius 1 is 1.00 bits per heavy atom. The topological polar surface area (TPSA) is 42.0 Å². The molecule has 1 amide bonds. The second-order valence-electron chi connectivity index (χ2n) is 6.16. The first-order chi connectivity index (χ1) is 12.7. The van der Waals surface area contributed by atoms with Gasteiger partial charge in [-0.15, -0.1) is 11.3 Å². The highest BCUT2D eigenvalue weighted by Crippen LogP contribution is 2.27. The monoisotopic (exact) mass is 358 g/mol. The molecular formula is C22H18N2OS. The van der Waals surface area contributed by atoms with Crippen molar-refractivity contribution in [1.29, 1.82) is 0 Å². The van der Waals surface area contributed by atoms with E-state index in [1.807, 2.05) is 79.0 Å². The molecule has 2 aromatic carbocycles. The SMILES string of the molecule is Cc1cc(C(=O)N[C@@H](c2ccccc2)c2cccs2)c2ccccc2n1. The summed E-state index contributed by atoms with van der Waals surface area (Å²) in [5.74, 6) is -0.0889. The van der Waals surface area contributed by atoms with Crippen LogP contribution in [0, 0.1) is 6.92 Å². The van der Waals surface area contributed by atoms with E-state index in [2.05, 4.69) is 16.4 Å². The minimum Gasteiger partial charge on any atom is -0.340 e. The number of aromatic nitrogens is 1. The third kappa shape index (κ3) is 3.24. The summed E-state index contributed by atoms with van der Waals surface area (Å²) in [6, 6.07) is 23.6. The fourth-order valence-electron chi connectivity index (χ4n) is 3.12. The second kappa shape index (κ2) is 7.10. The van der Waals surface area contributed by atoms with Gasteiger partial charge in [-0.25, -0.2) is 0 Å². The van der Waals surface area contributed by atoms with Crippen molar-refractivity contribution in [3.05, 3.63) is 99.9 Å². The summed E-state index contributed by atoms with van der Waals surface area (Å²) < 4.78 is 0. The molecule has 0 fully saturated rings. The van der Waals surface area contributed by atoms with Crippen LogP contribution in [0.4, 0.5) is 0 Å². The largest absolute Gasteiger partial charge is 0.340 e. The number of carbonyl (C=O) groups excluding carboxylic acids is 1. The average Bonchev–Trinajstić information content (AvgIpc) is 3.20. The van der Waals surface area contributed by atoms with E-state index in [0.717, 1.165) is 27.0 Å². The molecule has 2 heterocycles. The number of benzene rings is 2. The summed E-state index contributed by atoms with van der Waals surface area (Å²) in [7, 11) is 0. The van der Waals surface area contributed by atoms with Crippen molar-refractivity contribution in [2.45, 2.75) is 13.0 Å². The number of thiophene rings is 1. The Hall–Kier alpha value is -2.98. The minimum atomic E-state index is -0.170. The van der Waals surface area contributed by atoms with Gasteiger partial charge in [-0.1, -0.05) is 54.6 Å². The first-order valence-corrected chi connectivity index (χ1v) is 9.36. The number of fused-ring (bicyclic) bond motifs is 1. The van der Waals surface area contributed by atoms with Gasteiger partial charge in [0.1, 0.15) is 0 Å². The summed E-state index contributed by atoms with van der Waals surface area (Å²) in [4.78, 5) is 18.8. The fraction of sp³-hybridized carbons (Fsp3) is 0.0909. The first kappa shape index (κ1) is 16.5. The Balaban J connectivity index is 1.74. The molecule has 0 saturated carbocycles. The molecule has 128 valence electrons. The number of hydrogen-bond donors (Lipinski definition) is 1. The molecule has 0 bridgehead atoms. The zero-order valence-corrected chi connectivity index (χ0v) is 15.2. The molecule has 0 aliphatic rings. The number of nitrogens with one attached hydrogen (secondary N) is 1. The fourth-order valence-corrected chi connectivity index (χ4v) is 3.93. The normalized spacial score (nSPS) is 12.0. The maximum Gasteiger partial charge on any atom is 0.252 e. The van der Waals surface area contributed by atoms with Gasteiger partial charge in [0, 0.05) is 16.0 Å². The van der Waals surface area contributed by atoms with Crippen LogP contribution in [0.25, 0.3) is 10.9 Å². The highest BCUT2D eigenvalue weighted by atomic mass is 32.1. The number of para-hydroxylation sites is 1. The highest BCUT2D eigenvalue weighted by Gasteiger charge is 2.20. The number of rotatable bonds is 4. The van der Waals surface area contributed by atoms with Gasteiger partial charge >= 0.3 is 0 Å². The van der Waals surface area contributed by atoms with E-state index in [9.17, 15) is 4.79 Å². The molecule has 0 aliphatic heterocycles. The van der Waals surface area contributed by atoms with E-state index >= 15 is 0 Å². The molecule has 1 N–H and O–H groups in total. The lowest BCUT2D eigenvalue weighted by Crippen LogP contribution is -2.29. The third-order valence-electron chi connectivity index (χ3n) is 4.32. The molecular weight excluding hydrogens is 340 g/mol. The van der Waals surface area contributed by atoms with E-state index in [1.165, 1.54) is 0 Å². The molecule has 0 aliphatic carbocycles. The van der Waals surface area contributed by atoms with Crippen LogP contribution in [0.5, 0.6) is 0 Å². The number of aryl methyl sites for hydroxylation is 1. The van der Waals surface area contributed by atoms with Crippen LogP contribution in [0.15, 0.2) is 78.2 Å². The van der Waals surface area contributed by atoms with E-state index in [1.54, 1.807) is 11.3 Å². The molecule has 4 heteroatoms. The van der Waals surface area contributed by atoms with Crippen molar-refractivity contribution in [2.24, 2.45) is 0 Å². The number of nitrogens with zero attached hydrogens (tertiary/aromatic N) is 1. The minimum absolute atomic E-state index is 0.0889. The summed E-state index contributed by atoms with van der Waals surface area (Å²) in [5.41, 5.74) is 3.40. The van der Waals surface area contributed by atoms with Crippen molar-refractivity contribution in [1.82, 2.24) is 10.3 Å². The highest BCUT2D eigenvalue weighted by molar-refractivity contribution is 7.10. The van der Waals surface area contributed by atoms with E-state index < -0.39 is 0 Å². The second-order valence-corrected chi connectivity index (χ2v) is 7.14. The van der Waals surface area contributed by atoms with E-state index in [-0.39, 0.29) is 11.9 Å². The molecule has 0 unspecified atom stereocenters. The molecule has 0 radical (unpaired) electrons. The van der Waals surface area contributed by atoms with E-state index in [4.69, 9.17) is 0 Å². The lowest BCUT2D eigenvalue weighted by molar-refractivity contribution is 0.0945. The van der Waals surface area contributed by atoms with Crippen LogP contribution in [-0.2, 0) is 0 Å². The summed E-state index contributed by atoms with van der Waals surface area (Å²) >= 11 is 1.64. The molecule has 0 spiro atoms. The average molecular weight is 358 g/mol. The number of carbonyl (C=O) groups is 1. The summed E-state index contributed by atoms with van der Waals surface area (Å²) in [6.45, 7) is 1.91. The van der Waals surface area contributed by atoms with Gasteiger partial charge in [0.15, 0.2) is 0 Å². The lowest BCUT2D eigenvalue weighted by atomic mass is 10.0. The van der Waals surface area contributed by atoms with Crippen LogP contribution in [-0.4, -0.2) is 10.9 Å². The van der Waals surface area contributed by atoms with Crippen LogP contribution in [0.3, 0.4) is 0 Å². The first-order valence-electron chi connectivity index (χ1n) is 8.48. The van der Waals surface area contributed by atoms with Gasteiger partial charge in [0.05, 0.1) is 17.1 Å². The van der Waals surface area contributed by atoms with Crippen LogP contribution >= 0.6 is 11.3 Å². The summed E-state index contributed by atoms with van der Waals surface area (Å²) in [6.07, 6.45) is 0. The zero-order chi connectivity index (χ0) is 17.9. The predicted octanol–water partition coefficient (Wildman–Crippen LogP) is 5.12. The van der Waals surface area contributed by atoms with Gasteiger partial charge in [-0.05, 0) is 36.1 Å².